The van der Waals surface area contributed by atoms with Crippen molar-refractivity contribution in [2.24, 2.45) is 0 Å². The minimum absolute atomic E-state index is 0.192. The molecule has 0 spiro atoms. The van der Waals surface area contributed by atoms with Gasteiger partial charge in [0.2, 0.25) is 0 Å². The minimum Gasteiger partial charge on any atom is -0.367 e. The van der Waals surface area contributed by atoms with Crippen LogP contribution in [-0.4, -0.2) is 11.0 Å². The molecule has 2 aromatic rings. The van der Waals surface area contributed by atoms with E-state index in [1.54, 1.807) is 0 Å². The maximum Gasteiger partial charge on any atom is 0.126 e. The summed E-state index contributed by atoms with van der Waals surface area (Å²) in [6.45, 7) is 6.73. The molecule has 1 aliphatic carbocycles. The molecule has 1 aliphatic rings. The van der Waals surface area contributed by atoms with Gasteiger partial charge in [0, 0.05) is 11.4 Å². The Hall–Kier alpha value is -1.57. The highest BCUT2D eigenvalue weighted by Crippen LogP contribution is 2.27. The number of rotatable bonds is 2. The molecular formula is C17H22N2. The van der Waals surface area contributed by atoms with E-state index in [1.165, 1.54) is 30.2 Å². The first-order chi connectivity index (χ1) is 9.02. The number of hydrogen-bond donors (Lipinski definition) is 1. The third-order valence-corrected chi connectivity index (χ3v) is 4.01. The van der Waals surface area contributed by atoms with Crippen molar-refractivity contribution in [3.05, 3.63) is 35.9 Å². The third-order valence-electron chi connectivity index (χ3n) is 4.01. The molecule has 0 amide bonds. The van der Waals surface area contributed by atoms with Gasteiger partial charge in [-0.1, -0.05) is 26.8 Å². The molecule has 1 saturated carbocycles. The SMILES string of the molecule is CC(C)(C)c1ccc2nc(NC3CCC3)ccc2c1. The molecule has 100 valence electrons. The highest BCUT2D eigenvalue weighted by atomic mass is 15.0. The van der Waals surface area contributed by atoms with E-state index < -0.39 is 0 Å². The average Bonchev–Trinajstić information content (AvgIpc) is 2.32. The number of anilines is 1. The molecule has 0 bridgehead atoms. The Morgan fingerprint density at radius 2 is 1.89 bits per heavy atom. The lowest BCUT2D eigenvalue weighted by atomic mass is 9.86. The van der Waals surface area contributed by atoms with E-state index in [0.717, 1.165) is 11.3 Å². The monoisotopic (exact) mass is 254 g/mol. The molecule has 1 aromatic heterocycles. The number of nitrogens with one attached hydrogen (secondary N) is 1. The Bertz CT molecular complexity index is 592. The van der Waals surface area contributed by atoms with Crippen molar-refractivity contribution in [3.8, 4) is 0 Å². The van der Waals surface area contributed by atoms with Gasteiger partial charge in [0.15, 0.2) is 0 Å². The zero-order chi connectivity index (χ0) is 13.5. The smallest absolute Gasteiger partial charge is 0.126 e. The molecule has 19 heavy (non-hydrogen) atoms. The molecule has 1 fully saturated rings. The van der Waals surface area contributed by atoms with Crippen LogP contribution >= 0.6 is 0 Å². The second-order valence-corrected chi connectivity index (χ2v) is 6.63. The number of aromatic nitrogens is 1. The molecule has 1 heterocycles. The Labute approximate surface area is 115 Å². The van der Waals surface area contributed by atoms with Crippen LogP contribution in [0.5, 0.6) is 0 Å². The molecule has 1 aromatic carbocycles. The number of pyridine rings is 1. The van der Waals surface area contributed by atoms with Gasteiger partial charge in [-0.2, -0.15) is 0 Å². The summed E-state index contributed by atoms with van der Waals surface area (Å²) in [7, 11) is 0. The van der Waals surface area contributed by atoms with Gasteiger partial charge in [0.05, 0.1) is 5.52 Å². The lowest BCUT2D eigenvalue weighted by molar-refractivity contribution is 0.444. The standard InChI is InChI=1S/C17H22N2/c1-17(2,3)13-8-9-15-12(11-13)7-10-16(19-15)18-14-5-4-6-14/h7-11,14H,4-6H2,1-3H3,(H,18,19). The molecule has 1 N–H and O–H groups in total. The summed E-state index contributed by atoms with van der Waals surface area (Å²) in [5.41, 5.74) is 2.63. The van der Waals surface area contributed by atoms with Gasteiger partial charge in [-0.3, -0.25) is 0 Å². The predicted molar refractivity (Wildman–Crippen MR) is 81.7 cm³/mol. The van der Waals surface area contributed by atoms with E-state index in [-0.39, 0.29) is 5.41 Å². The first kappa shape index (κ1) is 12.5. The Kier molecular flexibility index (Phi) is 2.96. The Balaban J connectivity index is 1.91. The minimum atomic E-state index is 0.192. The van der Waals surface area contributed by atoms with Crippen molar-refractivity contribution in [1.82, 2.24) is 4.98 Å². The van der Waals surface area contributed by atoms with Crippen LogP contribution in [0.2, 0.25) is 0 Å². The largest absolute Gasteiger partial charge is 0.367 e. The van der Waals surface area contributed by atoms with E-state index in [2.05, 4.69) is 56.4 Å². The highest BCUT2D eigenvalue weighted by molar-refractivity contribution is 5.81. The molecule has 2 nitrogen and oxygen atoms in total. The summed E-state index contributed by atoms with van der Waals surface area (Å²) in [4.78, 5) is 4.71. The van der Waals surface area contributed by atoms with Crippen molar-refractivity contribution in [3.63, 3.8) is 0 Å². The zero-order valence-electron chi connectivity index (χ0n) is 12.0. The Morgan fingerprint density at radius 1 is 1.11 bits per heavy atom. The maximum absolute atomic E-state index is 4.71. The van der Waals surface area contributed by atoms with Crippen molar-refractivity contribution < 1.29 is 0 Å². The second kappa shape index (κ2) is 4.52. The van der Waals surface area contributed by atoms with Gasteiger partial charge in [0.25, 0.3) is 0 Å². The van der Waals surface area contributed by atoms with Crippen LogP contribution in [0.25, 0.3) is 10.9 Å². The van der Waals surface area contributed by atoms with Gasteiger partial charge >= 0.3 is 0 Å². The van der Waals surface area contributed by atoms with Crippen molar-refractivity contribution in [1.29, 1.82) is 0 Å². The maximum atomic E-state index is 4.71. The Morgan fingerprint density at radius 3 is 2.53 bits per heavy atom. The summed E-state index contributed by atoms with van der Waals surface area (Å²) < 4.78 is 0. The third kappa shape index (κ3) is 2.58. The number of benzene rings is 1. The summed E-state index contributed by atoms with van der Waals surface area (Å²) in [5, 5.41) is 4.73. The van der Waals surface area contributed by atoms with Crippen LogP contribution in [-0.2, 0) is 5.41 Å². The van der Waals surface area contributed by atoms with E-state index in [9.17, 15) is 0 Å². The van der Waals surface area contributed by atoms with Crippen LogP contribution in [0, 0.1) is 0 Å². The van der Waals surface area contributed by atoms with Crippen LogP contribution in [0.4, 0.5) is 5.82 Å². The fourth-order valence-electron chi connectivity index (χ4n) is 2.43. The number of fused-ring (bicyclic) bond motifs is 1. The topological polar surface area (TPSA) is 24.9 Å². The van der Waals surface area contributed by atoms with Gasteiger partial charge in [-0.15, -0.1) is 0 Å². The second-order valence-electron chi connectivity index (χ2n) is 6.63. The summed E-state index contributed by atoms with van der Waals surface area (Å²) >= 11 is 0. The molecule has 3 rings (SSSR count). The van der Waals surface area contributed by atoms with Gasteiger partial charge < -0.3 is 5.32 Å². The van der Waals surface area contributed by atoms with Crippen molar-refractivity contribution in [2.45, 2.75) is 51.5 Å². The van der Waals surface area contributed by atoms with Gasteiger partial charge in [-0.25, -0.2) is 4.98 Å². The first-order valence-electron chi connectivity index (χ1n) is 7.20. The number of hydrogen-bond acceptors (Lipinski definition) is 2. The fraction of sp³-hybridized carbons (Fsp3) is 0.471. The van der Waals surface area contributed by atoms with Crippen LogP contribution < -0.4 is 5.32 Å². The molecular weight excluding hydrogens is 232 g/mol. The fourth-order valence-corrected chi connectivity index (χ4v) is 2.43. The van der Waals surface area contributed by atoms with Gasteiger partial charge in [-0.05, 0) is 54.5 Å². The lowest BCUT2D eigenvalue weighted by Crippen LogP contribution is -2.27. The first-order valence-corrected chi connectivity index (χ1v) is 7.20. The van der Waals surface area contributed by atoms with Crippen molar-refractivity contribution in [2.75, 3.05) is 5.32 Å². The summed E-state index contributed by atoms with van der Waals surface area (Å²) in [5.74, 6) is 1.01. The van der Waals surface area contributed by atoms with Gasteiger partial charge in [0.1, 0.15) is 5.82 Å². The van der Waals surface area contributed by atoms with E-state index in [1.807, 2.05) is 0 Å². The molecule has 2 heteroatoms. The van der Waals surface area contributed by atoms with E-state index >= 15 is 0 Å². The van der Waals surface area contributed by atoms with Crippen molar-refractivity contribution >= 4 is 16.7 Å². The zero-order valence-corrected chi connectivity index (χ0v) is 12.0. The van der Waals surface area contributed by atoms with E-state index in [4.69, 9.17) is 4.98 Å². The molecule has 0 radical (unpaired) electrons. The normalized spacial score (nSPS) is 16.4. The molecule has 0 atom stereocenters. The average molecular weight is 254 g/mol. The summed E-state index contributed by atoms with van der Waals surface area (Å²) in [6.07, 6.45) is 3.91. The quantitative estimate of drug-likeness (QED) is 0.853. The van der Waals surface area contributed by atoms with Crippen LogP contribution in [0.1, 0.15) is 45.6 Å². The number of nitrogens with zero attached hydrogens (tertiary/aromatic N) is 1. The van der Waals surface area contributed by atoms with Crippen LogP contribution in [0.3, 0.4) is 0 Å². The van der Waals surface area contributed by atoms with E-state index in [0.29, 0.717) is 6.04 Å². The van der Waals surface area contributed by atoms with Crippen LogP contribution in [0.15, 0.2) is 30.3 Å². The molecule has 0 saturated heterocycles. The highest BCUT2D eigenvalue weighted by Gasteiger charge is 2.17. The molecule has 0 aliphatic heterocycles. The molecule has 0 unspecified atom stereocenters. The lowest BCUT2D eigenvalue weighted by Gasteiger charge is -2.27. The predicted octanol–water partition coefficient (Wildman–Crippen LogP) is 4.50. The summed E-state index contributed by atoms with van der Waals surface area (Å²) in [6, 6.07) is 11.5.